The first-order chi connectivity index (χ1) is 9.13. The van der Waals surface area contributed by atoms with Gasteiger partial charge < -0.3 is 4.57 Å². The van der Waals surface area contributed by atoms with Gasteiger partial charge in [0.2, 0.25) is 0 Å². The van der Waals surface area contributed by atoms with E-state index < -0.39 is 0 Å². The minimum absolute atomic E-state index is 0.504. The molecule has 2 aromatic rings. The second-order valence-corrected chi connectivity index (χ2v) is 5.77. The number of rotatable bonds is 2. The Morgan fingerprint density at radius 2 is 1.84 bits per heavy atom. The van der Waals surface area contributed by atoms with Crippen molar-refractivity contribution in [3.63, 3.8) is 0 Å². The lowest BCUT2D eigenvalue weighted by molar-refractivity contribution is 0.161. The molecule has 0 amide bonds. The maximum absolute atomic E-state index is 2.57. The highest BCUT2D eigenvalue weighted by atomic mass is 15.2. The van der Waals surface area contributed by atoms with Crippen molar-refractivity contribution in [3.8, 4) is 0 Å². The largest absolute Gasteiger partial charge is 0.349 e. The molecule has 3 rings (SSSR count). The van der Waals surface area contributed by atoms with Crippen molar-refractivity contribution in [3.05, 3.63) is 58.9 Å². The van der Waals surface area contributed by atoms with E-state index in [1.807, 2.05) is 0 Å². The van der Waals surface area contributed by atoms with Gasteiger partial charge in [-0.2, -0.15) is 0 Å². The minimum Gasteiger partial charge on any atom is -0.349 e. The van der Waals surface area contributed by atoms with Gasteiger partial charge >= 0.3 is 0 Å². The molecule has 0 saturated carbocycles. The Morgan fingerprint density at radius 3 is 2.58 bits per heavy atom. The van der Waals surface area contributed by atoms with Crippen molar-refractivity contribution in [2.45, 2.75) is 39.9 Å². The summed E-state index contributed by atoms with van der Waals surface area (Å²) in [6.45, 7) is 9.97. The van der Waals surface area contributed by atoms with E-state index in [0.717, 1.165) is 19.6 Å². The Labute approximate surface area is 115 Å². The fourth-order valence-corrected chi connectivity index (χ4v) is 3.24. The van der Waals surface area contributed by atoms with Crippen LogP contribution in [0.1, 0.15) is 35.3 Å². The SMILES string of the molecule is Cc1cc(C)cc(CN2CCn3cccc3C2C)c1. The Balaban J connectivity index is 1.81. The van der Waals surface area contributed by atoms with Gasteiger partial charge in [0, 0.05) is 37.6 Å². The molecule has 19 heavy (non-hydrogen) atoms. The summed E-state index contributed by atoms with van der Waals surface area (Å²) in [6.07, 6.45) is 2.19. The van der Waals surface area contributed by atoms with Crippen LogP contribution < -0.4 is 0 Å². The number of aromatic nitrogens is 1. The summed E-state index contributed by atoms with van der Waals surface area (Å²) >= 11 is 0. The summed E-state index contributed by atoms with van der Waals surface area (Å²) in [4.78, 5) is 2.57. The molecule has 0 N–H and O–H groups in total. The fourth-order valence-electron chi connectivity index (χ4n) is 3.24. The van der Waals surface area contributed by atoms with Crippen LogP contribution in [-0.4, -0.2) is 16.0 Å². The van der Waals surface area contributed by atoms with Gasteiger partial charge in [-0.25, -0.2) is 0 Å². The van der Waals surface area contributed by atoms with Gasteiger partial charge in [0.05, 0.1) is 0 Å². The van der Waals surface area contributed by atoms with E-state index in [1.54, 1.807) is 0 Å². The lowest BCUT2D eigenvalue weighted by atomic mass is 10.1. The number of hydrogen-bond acceptors (Lipinski definition) is 1. The van der Waals surface area contributed by atoms with Crippen molar-refractivity contribution >= 4 is 0 Å². The monoisotopic (exact) mass is 254 g/mol. The van der Waals surface area contributed by atoms with E-state index in [1.165, 1.54) is 22.4 Å². The number of fused-ring (bicyclic) bond motifs is 1. The zero-order valence-electron chi connectivity index (χ0n) is 12.1. The summed E-state index contributed by atoms with van der Waals surface area (Å²) in [5.41, 5.74) is 5.60. The third-order valence-electron chi connectivity index (χ3n) is 4.14. The number of benzene rings is 1. The van der Waals surface area contributed by atoms with E-state index in [-0.39, 0.29) is 0 Å². The maximum atomic E-state index is 2.57. The van der Waals surface area contributed by atoms with Crippen molar-refractivity contribution in [2.75, 3.05) is 6.54 Å². The Bertz CT molecular complexity index is 562. The summed E-state index contributed by atoms with van der Waals surface area (Å²) in [7, 11) is 0. The van der Waals surface area contributed by atoms with Crippen LogP contribution in [0.4, 0.5) is 0 Å². The highest BCUT2D eigenvalue weighted by molar-refractivity contribution is 5.28. The number of nitrogens with zero attached hydrogens (tertiary/aromatic N) is 2. The quantitative estimate of drug-likeness (QED) is 0.793. The molecule has 0 aliphatic carbocycles. The van der Waals surface area contributed by atoms with Crippen LogP contribution in [0, 0.1) is 13.8 Å². The van der Waals surface area contributed by atoms with Gasteiger partial charge in [-0.1, -0.05) is 29.3 Å². The lowest BCUT2D eigenvalue weighted by Crippen LogP contribution is -2.35. The van der Waals surface area contributed by atoms with Gasteiger partial charge in [-0.15, -0.1) is 0 Å². The van der Waals surface area contributed by atoms with Crippen molar-refractivity contribution in [2.24, 2.45) is 0 Å². The smallest absolute Gasteiger partial charge is 0.0476 e. The van der Waals surface area contributed by atoms with E-state index in [4.69, 9.17) is 0 Å². The van der Waals surface area contributed by atoms with Gasteiger partial charge in [0.15, 0.2) is 0 Å². The molecule has 1 atom stereocenters. The van der Waals surface area contributed by atoms with Gasteiger partial charge in [-0.3, -0.25) is 4.90 Å². The Kier molecular flexibility index (Phi) is 3.19. The van der Waals surface area contributed by atoms with Crippen molar-refractivity contribution in [1.29, 1.82) is 0 Å². The summed E-state index contributed by atoms with van der Waals surface area (Å²) in [5, 5.41) is 0. The van der Waals surface area contributed by atoms with Gasteiger partial charge in [-0.05, 0) is 38.5 Å². The van der Waals surface area contributed by atoms with Crippen LogP contribution in [0.2, 0.25) is 0 Å². The molecule has 0 spiro atoms. The van der Waals surface area contributed by atoms with Crippen LogP contribution in [0.5, 0.6) is 0 Å². The first-order valence-electron chi connectivity index (χ1n) is 7.10. The second-order valence-electron chi connectivity index (χ2n) is 5.77. The second kappa shape index (κ2) is 4.86. The molecule has 1 unspecified atom stereocenters. The standard InChI is InChI=1S/C17H22N2/c1-13-9-14(2)11-16(10-13)12-19-8-7-18-6-4-5-17(18)15(19)3/h4-6,9-11,15H,7-8,12H2,1-3H3. The number of aryl methyl sites for hydroxylation is 2. The van der Waals surface area contributed by atoms with Crippen LogP contribution in [-0.2, 0) is 13.1 Å². The molecule has 2 heteroatoms. The molecule has 2 nitrogen and oxygen atoms in total. The Morgan fingerprint density at radius 1 is 1.11 bits per heavy atom. The van der Waals surface area contributed by atoms with Crippen LogP contribution in [0.3, 0.4) is 0 Å². The zero-order chi connectivity index (χ0) is 13.4. The third-order valence-corrected chi connectivity index (χ3v) is 4.14. The first-order valence-corrected chi connectivity index (χ1v) is 7.10. The molecule has 0 saturated heterocycles. The fraction of sp³-hybridized carbons (Fsp3) is 0.412. The van der Waals surface area contributed by atoms with E-state index in [9.17, 15) is 0 Å². The molecule has 2 heterocycles. The summed E-state index contributed by atoms with van der Waals surface area (Å²) < 4.78 is 2.38. The molecule has 1 aromatic carbocycles. The Hall–Kier alpha value is -1.54. The normalized spacial score (nSPS) is 19.4. The molecule has 1 aliphatic heterocycles. The van der Waals surface area contributed by atoms with Crippen molar-refractivity contribution < 1.29 is 0 Å². The molecular weight excluding hydrogens is 232 g/mol. The van der Waals surface area contributed by atoms with Crippen molar-refractivity contribution in [1.82, 2.24) is 9.47 Å². The van der Waals surface area contributed by atoms with Crippen LogP contribution in [0.15, 0.2) is 36.5 Å². The number of hydrogen-bond donors (Lipinski definition) is 0. The predicted molar refractivity (Wildman–Crippen MR) is 79.2 cm³/mol. The van der Waals surface area contributed by atoms with Crippen LogP contribution >= 0.6 is 0 Å². The average Bonchev–Trinajstić information content (AvgIpc) is 2.80. The molecule has 0 radical (unpaired) electrons. The summed E-state index contributed by atoms with van der Waals surface area (Å²) in [5.74, 6) is 0. The third kappa shape index (κ3) is 2.45. The van der Waals surface area contributed by atoms with E-state index in [0.29, 0.717) is 6.04 Å². The molecule has 0 bridgehead atoms. The molecular formula is C17H22N2. The summed E-state index contributed by atoms with van der Waals surface area (Å²) in [6, 6.07) is 11.8. The van der Waals surface area contributed by atoms with Gasteiger partial charge in [0.25, 0.3) is 0 Å². The highest BCUT2D eigenvalue weighted by Crippen LogP contribution is 2.27. The predicted octanol–water partition coefficient (Wildman–Crippen LogP) is 3.68. The van der Waals surface area contributed by atoms with Crippen LogP contribution in [0.25, 0.3) is 0 Å². The molecule has 1 aliphatic rings. The molecule has 100 valence electrons. The molecule has 1 aromatic heterocycles. The topological polar surface area (TPSA) is 8.17 Å². The average molecular weight is 254 g/mol. The maximum Gasteiger partial charge on any atom is 0.0476 e. The zero-order valence-corrected chi connectivity index (χ0v) is 12.1. The first kappa shape index (κ1) is 12.5. The van der Waals surface area contributed by atoms with E-state index >= 15 is 0 Å². The lowest BCUT2D eigenvalue weighted by Gasteiger charge is -2.35. The van der Waals surface area contributed by atoms with Gasteiger partial charge in [0.1, 0.15) is 0 Å². The molecule has 0 fully saturated rings. The minimum atomic E-state index is 0.504. The highest BCUT2D eigenvalue weighted by Gasteiger charge is 2.23. The van der Waals surface area contributed by atoms with E-state index in [2.05, 4.69) is 66.8 Å².